The lowest BCUT2D eigenvalue weighted by Crippen LogP contribution is -2.21. The van der Waals surface area contributed by atoms with E-state index in [1.165, 1.54) is 0 Å². The van der Waals surface area contributed by atoms with Gasteiger partial charge in [0, 0.05) is 13.1 Å². The molecule has 0 amide bonds. The fraction of sp³-hybridized carbons (Fsp3) is 0.667. The van der Waals surface area contributed by atoms with Crippen molar-refractivity contribution in [2.75, 3.05) is 23.7 Å². The molecule has 0 fully saturated rings. The van der Waals surface area contributed by atoms with Crippen LogP contribution in [0.5, 0.6) is 0 Å². The van der Waals surface area contributed by atoms with Crippen molar-refractivity contribution < 1.29 is 0 Å². The van der Waals surface area contributed by atoms with Crippen LogP contribution < -0.4 is 10.6 Å². The summed E-state index contributed by atoms with van der Waals surface area (Å²) >= 11 is 1.59. The summed E-state index contributed by atoms with van der Waals surface area (Å²) in [7, 11) is 0. The first-order valence-electron chi connectivity index (χ1n) is 4.73. The zero-order valence-corrected chi connectivity index (χ0v) is 9.32. The van der Waals surface area contributed by atoms with Gasteiger partial charge < -0.3 is 10.6 Å². The van der Waals surface area contributed by atoms with Crippen molar-refractivity contribution in [1.29, 1.82) is 0 Å². The predicted octanol–water partition coefficient (Wildman–Crippen LogP) is 2.13. The zero-order valence-electron chi connectivity index (χ0n) is 8.50. The molecule has 0 spiro atoms. The van der Waals surface area contributed by atoms with Crippen molar-refractivity contribution in [2.24, 2.45) is 0 Å². The third-order valence-electron chi connectivity index (χ3n) is 2.09. The molecule has 0 aliphatic heterocycles. The van der Waals surface area contributed by atoms with E-state index in [0.717, 1.165) is 35.3 Å². The molecule has 1 aromatic rings. The number of nitrogen functional groups attached to an aromatic ring is 1. The Bertz CT molecular complexity index is 266. The summed E-state index contributed by atoms with van der Waals surface area (Å²) in [5.41, 5.74) is 6.86. The van der Waals surface area contributed by atoms with Crippen molar-refractivity contribution in [3.05, 3.63) is 5.69 Å². The van der Waals surface area contributed by atoms with E-state index >= 15 is 0 Å². The maximum absolute atomic E-state index is 5.83. The van der Waals surface area contributed by atoms with E-state index in [2.05, 4.69) is 30.7 Å². The molecule has 0 radical (unpaired) electrons. The number of rotatable bonds is 4. The lowest BCUT2D eigenvalue weighted by molar-refractivity contribution is 0.854. The second kappa shape index (κ2) is 4.46. The molecule has 0 aromatic carbocycles. The predicted molar refractivity (Wildman–Crippen MR) is 59.5 cm³/mol. The van der Waals surface area contributed by atoms with Crippen molar-refractivity contribution in [3.8, 4) is 0 Å². The fourth-order valence-electron chi connectivity index (χ4n) is 1.23. The second-order valence-electron chi connectivity index (χ2n) is 2.83. The summed E-state index contributed by atoms with van der Waals surface area (Å²) in [5.74, 6) is 0. The highest BCUT2D eigenvalue weighted by molar-refractivity contribution is 7.19. The minimum Gasteiger partial charge on any atom is -0.389 e. The third kappa shape index (κ3) is 2.12. The lowest BCUT2D eigenvalue weighted by atomic mass is 10.4. The van der Waals surface area contributed by atoms with Gasteiger partial charge in [0.05, 0.1) is 5.69 Å². The Morgan fingerprint density at radius 3 is 2.31 bits per heavy atom. The van der Waals surface area contributed by atoms with Gasteiger partial charge in [-0.3, -0.25) is 0 Å². The first-order valence-corrected chi connectivity index (χ1v) is 5.54. The molecule has 1 aromatic heterocycles. The van der Waals surface area contributed by atoms with Crippen molar-refractivity contribution in [1.82, 2.24) is 4.98 Å². The van der Waals surface area contributed by atoms with Crippen LogP contribution in [0.4, 0.5) is 10.1 Å². The standard InChI is InChI=1S/C9H17N3S/c1-4-7-8(10)13-9(11-7)12(5-2)6-3/h4-6,10H2,1-3H3. The summed E-state index contributed by atoms with van der Waals surface area (Å²) in [6.45, 7) is 8.33. The molecule has 0 aliphatic carbocycles. The van der Waals surface area contributed by atoms with E-state index in [-0.39, 0.29) is 0 Å². The Hall–Kier alpha value is -0.770. The molecule has 4 heteroatoms. The van der Waals surface area contributed by atoms with Gasteiger partial charge in [-0.2, -0.15) is 0 Å². The van der Waals surface area contributed by atoms with Gasteiger partial charge in [-0.25, -0.2) is 4.98 Å². The maximum Gasteiger partial charge on any atom is 0.187 e. The second-order valence-corrected chi connectivity index (χ2v) is 3.84. The molecular weight excluding hydrogens is 182 g/mol. The Kier molecular flexibility index (Phi) is 3.54. The third-order valence-corrected chi connectivity index (χ3v) is 3.07. The maximum atomic E-state index is 5.83. The van der Waals surface area contributed by atoms with Gasteiger partial charge in [0.1, 0.15) is 5.00 Å². The summed E-state index contributed by atoms with van der Waals surface area (Å²) in [6.07, 6.45) is 0.920. The summed E-state index contributed by atoms with van der Waals surface area (Å²) in [4.78, 5) is 6.71. The van der Waals surface area contributed by atoms with E-state index in [0.29, 0.717) is 0 Å². The number of thiazole rings is 1. The van der Waals surface area contributed by atoms with Crippen LogP contribution in [0.15, 0.2) is 0 Å². The molecule has 0 atom stereocenters. The summed E-state index contributed by atoms with van der Waals surface area (Å²) < 4.78 is 0. The number of anilines is 2. The normalized spacial score (nSPS) is 10.4. The highest BCUT2D eigenvalue weighted by Gasteiger charge is 2.10. The molecule has 0 saturated heterocycles. The highest BCUT2D eigenvalue weighted by Crippen LogP contribution is 2.28. The minimum absolute atomic E-state index is 0.865. The van der Waals surface area contributed by atoms with Crippen LogP contribution in [0.3, 0.4) is 0 Å². The van der Waals surface area contributed by atoms with Gasteiger partial charge in [0.15, 0.2) is 5.13 Å². The van der Waals surface area contributed by atoms with Crippen molar-refractivity contribution in [2.45, 2.75) is 27.2 Å². The smallest absolute Gasteiger partial charge is 0.187 e. The molecule has 0 saturated carbocycles. The number of hydrogen-bond acceptors (Lipinski definition) is 4. The van der Waals surface area contributed by atoms with E-state index < -0.39 is 0 Å². The fourth-order valence-corrected chi connectivity index (χ4v) is 2.28. The van der Waals surface area contributed by atoms with Gasteiger partial charge in [-0.05, 0) is 20.3 Å². The Labute approximate surface area is 83.6 Å². The largest absolute Gasteiger partial charge is 0.389 e. The molecule has 1 heterocycles. The van der Waals surface area contributed by atoms with E-state index in [1.807, 2.05) is 0 Å². The molecule has 0 aliphatic rings. The van der Waals surface area contributed by atoms with Gasteiger partial charge >= 0.3 is 0 Å². The first kappa shape index (κ1) is 10.3. The average Bonchev–Trinajstić information content (AvgIpc) is 2.49. The van der Waals surface area contributed by atoms with Crippen molar-refractivity contribution >= 4 is 21.5 Å². The summed E-state index contributed by atoms with van der Waals surface area (Å²) in [5, 5.41) is 1.92. The number of aryl methyl sites for hydroxylation is 1. The Balaban J connectivity index is 2.88. The van der Waals surface area contributed by atoms with E-state index in [1.54, 1.807) is 11.3 Å². The highest BCUT2D eigenvalue weighted by atomic mass is 32.1. The molecule has 1 rings (SSSR count). The van der Waals surface area contributed by atoms with E-state index in [9.17, 15) is 0 Å². The van der Waals surface area contributed by atoms with Gasteiger partial charge in [0.25, 0.3) is 0 Å². The van der Waals surface area contributed by atoms with Crippen LogP contribution in [0.25, 0.3) is 0 Å². The van der Waals surface area contributed by atoms with Gasteiger partial charge in [-0.15, -0.1) is 0 Å². The zero-order chi connectivity index (χ0) is 9.84. The van der Waals surface area contributed by atoms with Crippen LogP contribution in [-0.2, 0) is 6.42 Å². The lowest BCUT2D eigenvalue weighted by Gasteiger charge is -2.16. The molecule has 3 nitrogen and oxygen atoms in total. The molecule has 74 valence electrons. The first-order chi connectivity index (χ1) is 6.22. The van der Waals surface area contributed by atoms with Crippen LogP contribution in [-0.4, -0.2) is 18.1 Å². The molecular formula is C9H17N3S. The van der Waals surface area contributed by atoms with Gasteiger partial charge in [-0.1, -0.05) is 18.3 Å². The minimum atomic E-state index is 0.865. The topological polar surface area (TPSA) is 42.2 Å². The van der Waals surface area contributed by atoms with Crippen molar-refractivity contribution in [3.63, 3.8) is 0 Å². The SMILES string of the molecule is CCc1nc(N(CC)CC)sc1N. The number of nitrogens with zero attached hydrogens (tertiary/aromatic N) is 2. The van der Waals surface area contributed by atoms with Gasteiger partial charge in [0.2, 0.25) is 0 Å². The van der Waals surface area contributed by atoms with E-state index in [4.69, 9.17) is 5.73 Å². The number of hydrogen-bond donors (Lipinski definition) is 1. The molecule has 0 unspecified atom stereocenters. The molecule has 2 N–H and O–H groups in total. The Morgan fingerprint density at radius 1 is 1.31 bits per heavy atom. The number of nitrogens with two attached hydrogens (primary N) is 1. The molecule has 13 heavy (non-hydrogen) atoms. The van der Waals surface area contributed by atoms with Crippen LogP contribution >= 0.6 is 11.3 Å². The quantitative estimate of drug-likeness (QED) is 0.807. The average molecular weight is 199 g/mol. The monoisotopic (exact) mass is 199 g/mol. The van der Waals surface area contributed by atoms with Crippen LogP contribution in [0, 0.1) is 0 Å². The number of aromatic nitrogens is 1. The Morgan fingerprint density at radius 2 is 1.92 bits per heavy atom. The van der Waals surface area contributed by atoms with Crippen LogP contribution in [0.2, 0.25) is 0 Å². The van der Waals surface area contributed by atoms with Crippen LogP contribution in [0.1, 0.15) is 26.5 Å². The summed E-state index contributed by atoms with van der Waals surface area (Å²) in [6, 6.07) is 0. The molecule has 0 bridgehead atoms.